The molecule has 110 valence electrons. The molecule has 3 rings (SSSR count). The van der Waals surface area contributed by atoms with Crippen molar-refractivity contribution in [1.29, 1.82) is 0 Å². The highest BCUT2D eigenvalue weighted by Gasteiger charge is 2.24. The van der Waals surface area contributed by atoms with Gasteiger partial charge in [0.1, 0.15) is 5.75 Å². The molecule has 7 nitrogen and oxygen atoms in total. The van der Waals surface area contributed by atoms with Crippen molar-refractivity contribution in [3.63, 3.8) is 0 Å². The number of nitrogens with zero attached hydrogens (tertiary/aromatic N) is 2. The van der Waals surface area contributed by atoms with Gasteiger partial charge in [-0.15, -0.1) is 0 Å². The van der Waals surface area contributed by atoms with Crippen molar-refractivity contribution in [2.75, 3.05) is 11.9 Å². The fourth-order valence-electron chi connectivity index (χ4n) is 2.30. The molecule has 7 heteroatoms. The van der Waals surface area contributed by atoms with E-state index in [-0.39, 0.29) is 17.6 Å². The molecule has 2 aromatic rings. The third-order valence-corrected chi connectivity index (χ3v) is 3.49. The zero-order valence-electron chi connectivity index (χ0n) is 11.6. The van der Waals surface area contributed by atoms with E-state index < -0.39 is 5.91 Å². The minimum Gasteiger partial charge on any atom is -0.505 e. The fraction of sp³-hybridized carbons (Fsp3) is 0.357. The number of benzene rings is 1. The number of aryl methyl sites for hydroxylation is 1. The van der Waals surface area contributed by atoms with Gasteiger partial charge in [0.15, 0.2) is 0 Å². The zero-order chi connectivity index (χ0) is 14.8. The van der Waals surface area contributed by atoms with Crippen LogP contribution < -0.4 is 10.6 Å². The van der Waals surface area contributed by atoms with E-state index in [1.807, 2.05) is 0 Å². The molecule has 0 spiro atoms. The summed E-state index contributed by atoms with van der Waals surface area (Å²) < 4.78 is 5.11. The first-order valence-corrected chi connectivity index (χ1v) is 6.82. The highest BCUT2D eigenvalue weighted by atomic mass is 16.5. The molecule has 1 aromatic carbocycles. The number of hydrogen-bond donors (Lipinski definition) is 3. The van der Waals surface area contributed by atoms with Crippen LogP contribution in [-0.2, 0) is 0 Å². The van der Waals surface area contributed by atoms with Crippen molar-refractivity contribution in [2.24, 2.45) is 0 Å². The molecule has 1 atom stereocenters. The molecular formula is C14H16N4O3. The summed E-state index contributed by atoms with van der Waals surface area (Å²) >= 11 is 0. The Labute approximate surface area is 121 Å². The summed E-state index contributed by atoms with van der Waals surface area (Å²) in [6, 6.07) is 5.13. The van der Waals surface area contributed by atoms with Crippen LogP contribution in [0.15, 0.2) is 22.7 Å². The maximum Gasteiger partial charge on any atom is 0.297 e. The topological polar surface area (TPSA) is 100 Å². The number of phenols is 1. The molecule has 0 aliphatic carbocycles. The van der Waals surface area contributed by atoms with Crippen molar-refractivity contribution in [3.05, 3.63) is 35.5 Å². The highest BCUT2D eigenvalue weighted by Crippen LogP contribution is 2.27. The van der Waals surface area contributed by atoms with E-state index in [9.17, 15) is 9.90 Å². The van der Waals surface area contributed by atoms with Crippen LogP contribution in [0.4, 0.5) is 5.69 Å². The average Bonchev–Trinajstić information content (AvgIpc) is 3.13. The number of para-hydroxylation sites is 1. The third kappa shape index (κ3) is 2.73. The van der Waals surface area contributed by atoms with Crippen LogP contribution >= 0.6 is 0 Å². The Hall–Kier alpha value is -2.41. The molecule has 1 fully saturated rings. The van der Waals surface area contributed by atoms with E-state index in [2.05, 4.69) is 20.8 Å². The van der Waals surface area contributed by atoms with Crippen molar-refractivity contribution in [3.8, 4) is 5.75 Å². The lowest BCUT2D eigenvalue weighted by molar-refractivity contribution is 0.101. The van der Waals surface area contributed by atoms with Gasteiger partial charge in [-0.3, -0.25) is 4.79 Å². The fourth-order valence-corrected chi connectivity index (χ4v) is 2.30. The monoisotopic (exact) mass is 288 g/mol. The maximum absolute atomic E-state index is 12.1. The number of phenolic OH excluding ortho intramolecular Hbond substituents is 1. The van der Waals surface area contributed by atoms with Gasteiger partial charge in [0.25, 0.3) is 11.7 Å². The van der Waals surface area contributed by atoms with Gasteiger partial charge in [-0.05, 0) is 37.9 Å². The van der Waals surface area contributed by atoms with E-state index in [4.69, 9.17) is 4.52 Å². The molecule has 3 N–H and O–H groups in total. The quantitative estimate of drug-likeness (QED) is 0.744. The van der Waals surface area contributed by atoms with Crippen molar-refractivity contribution < 1.29 is 14.4 Å². The molecule has 1 saturated heterocycles. The lowest BCUT2D eigenvalue weighted by atomic mass is 10.2. The Bertz CT molecular complexity index is 662. The van der Waals surface area contributed by atoms with Gasteiger partial charge >= 0.3 is 0 Å². The number of carbonyl (C=O) groups is 1. The smallest absolute Gasteiger partial charge is 0.297 e. The number of carbonyl (C=O) groups excluding carboxylic acids is 1. The number of hydrogen-bond acceptors (Lipinski definition) is 6. The molecule has 1 aromatic heterocycles. The summed E-state index contributed by atoms with van der Waals surface area (Å²) in [5.41, 5.74) is 1.00. The van der Waals surface area contributed by atoms with E-state index in [0.29, 0.717) is 17.1 Å². The Kier molecular flexibility index (Phi) is 3.57. The van der Waals surface area contributed by atoms with Gasteiger partial charge in [0.05, 0.1) is 11.7 Å². The summed E-state index contributed by atoms with van der Waals surface area (Å²) in [5.74, 6) is -0.0957. The molecule has 21 heavy (non-hydrogen) atoms. The first-order valence-electron chi connectivity index (χ1n) is 6.82. The average molecular weight is 288 g/mol. The summed E-state index contributed by atoms with van der Waals surface area (Å²) in [5, 5.41) is 19.4. The first-order chi connectivity index (χ1) is 10.1. The second-order valence-corrected chi connectivity index (χ2v) is 5.03. The highest BCUT2D eigenvalue weighted by molar-refractivity contribution is 6.02. The Morgan fingerprint density at radius 2 is 2.38 bits per heavy atom. The van der Waals surface area contributed by atoms with Gasteiger partial charge in [0, 0.05) is 0 Å². The van der Waals surface area contributed by atoms with Gasteiger partial charge in [-0.25, -0.2) is 0 Å². The minimum absolute atomic E-state index is 0.0198. The van der Waals surface area contributed by atoms with E-state index in [1.54, 1.807) is 25.1 Å². The van der Waals surface area contributed by atoms with Crippen LogP contribution in [0.2, 0.25) is 0 Å². The third-order valence-electron chi connectivity index (χ3n) is 3.49. The van der Waals surface area contributed by atoms with Crippen LogP contribution in [0.5, 0.6) is 5.75 Å². The number of nitrogens with one attached hydrogen (secondary N) is 2. The van der Waals surface area contributed by atoms with Gasteiger partial charge in [0.2, 0.25) is 5.89 Å². The Morgan fingerprint density at radius 1 is 1.52 bits per heavy atom. The number of aromatic hydroxyl groups is 1. The zero-order valence-corrected chi connectivity index (χ0v) is 11.6. The van der Waals surface area contributed by atoms with Gasteiger partial charge < -0.3 is 20.3 Å². The maximum atomic E-state index is 12.1. The van der Waals surface area contributed by atoms with Crippen molar-refractivity contribution >= 4 is 11.6 Å². The van der Waals surface area contributed by atoms with Crippen molar-refractivity contribution in [1.82, 2.24) is 15.5 Å². The van der Waals surface area contributed by atoms with Crippen molar-refractivity contribution in [2.45, 2.75) is 25.8 Å². The normalized spacial score (nSPS) is 17.9. The molecule has 1 aliphatic rings. The molecule has 2 heterocycles. The van der Waals surface area contributed by atoms with Gasteiger partial charge in [-0.2, -0.15) is 4.98 Å². The molecular weight excluding hydrogens is 272 g/mol. The standard InChI is InChI=1S/C14H16N4O3/c1-8-4-2-5-9(11(8)19)16-13(20)12-17-14(21-18-12)10-6-3-7-15-10/h2,4-5,10,15,19H,3,6-7H2,1H3,(H,16,20). The van der Waals surface area contributed by atoms with Crippen LogP contribution in [-0.4, -0.2) is 27.7 Å². The first kappa shape index (κ1) is 13.6. The number of aromatic nitrogens is 2. The van der Waals surface area contributed by atoms with Crippen LogP contribution in [0, 0.1) is 6.92 Å². The summed E-state index contributed by atoms with van der Waals surface area (Å²) in [6.45, 7) is 2.66. The Balaban J connectivity index is 1.75. The Morgan fingerprint density at radius 3 is 3.14 bits per heavy atom. The molecule has 1 aliphatic heterocycles. The summed E-state index contributed by atoms with van der Waals surface area (Å²) in [4.78, 5) is 16.2. The van der Waals surface area contributed by atoms with Crippen LogP contribution in [0.25, 0.3) is 0 Å². The minimum atomic E-state index is -0.510. The van der Waals surface area contributed by atoms with E-state index in [0.717, 1.165) is 19.4 Å². The van der Waals surface area contributed by atoms with E-state index >= 15 is 0 Å². The molecule has 0 bridgehead atoms. The second-order valence-electron chi connectivity index (χ2n) is 5.03. The molecule has 1 unspecified atom stereocenters. The number of amides is 1. The predicted octanol–water partition coefficient (Wildman–Crippen LogP) is 1.76. The van der Waals surface area contributed by atoms with Crippen LogP contribution in [0.3, 0.4) is 0 Å². The lowest BCUT2D eigenvalue weighted by Crippen LogP contribution is -2.16. The molecule has 1 amide bonds. The number of rotatable bonds is 3. The number of anilines is 1. The molecule has 0 radical (unpaired) electrons. The second kappa shape index (κ2) is 5.53. The largest absolute Gasteiger partial charge is 0.505 e. The van der Waals surface area contributed by atoms with E-state index in [1.165, 1.54) is 0 Å². The van der Waals surface area contributed by atoms with Crippen LogP contribution in [0.1, 0.15) is 41.0 Å². The predicted molar refractivity (Wildman–Crippen MR) is 75.1 cm³/mol. The summed E-state index contributed by atoms with van der Waals surface area (Å²) in [7, 11) is 0. The van der Waals surface area contributed by atoms with Gasteiger partial charge in [-0.1, -0.05) is 17.3 Å². The summed E-state index contributed by atoms with van der Waals surface area (Å²) in [6.07, 6.45) is 1.97. The SMILES string of the molecule is Cc1cccc(NC(=O)c2noc(C3CCCN3)n2)c1O. The lowest BCUT2D eigenvalue weighted by Gasteiger charge is -2.06. The molecule has 0 saturated carbocycles.